The standard InChI is InChI=1S/C22H23NO5S/c1-3-27-22(24)19-13-17-16-11-7-8-12-20(16)28-14-18(17)21(23(19)29(2,25)26)15-9-5-4-6-10-15/h4-13,17-18,21H,3,14H2,1-2H3/t17-,18-,21+/m0/s1. The van der Waals surface area contributed by atoms with E-state index >= 15 is 0 Å². The molecule has 2 aromatic rings. The van der Waals surface area contributed by atoms with E-state index in [0.717, 1.165) is 23.1 Å². The Hall–Kier alpha value is -2.80. The summed E-state index contributed by atoms with van der Waals surface area (Å²) < 4.78 is 38.1. The summed E-state index contributed by atoms with van der Waals surface area (Å²) in [6, 6.07) is 16.5. The first-order chi connectivity index (χ1) is 13.9. The van der Waals surface area contributed by atoms with Crippen molar-refractivity contribution in [3.8, 4) is 5.75 Å². The Morgan fingerprint density at radius 3 is 2.52 bits per heavy atom. The fourth-order valence-electron chi connectivity index (χ4n) is 4.26. The van der Waals surface area contributed by atoms with Crippen molar-refractivity contribution in [3.05, 3.63) is 77.5 Å². The Morgan fingerprint density at radius 2 is 1.83 bits per heavy atom. The predicted octanol–water partition coefficient (Wildman–Crippen LogP) is 3.24. The molecule has 152 valence electrons. The highest BCUT2D eigenvalue weighted by Crippen LogP contribution is 2.50. The molecule has 3 atom stereocenters. The lowest BCUT2D eigenvalue weighted by molar-refractivity contribution is -0.140. The maximum Gasteiger partial charge on any atom is 0.355 e. The first kappa shape index (κ1) is 19.5. The summed E-state index contributed by atoms with van der Waals surface area (Å²) in [4.78, 5) is 12.8. The molecule has 2 heterocycles. The van der Waals surface area contributed by atoms with Gasteiger partial charge in [0.1, 0.15) is 11.4 Å². The van der Waals surface area contributed by atoms with E-state index in [1.165, 1.54) is 4.31 Å². The molecule has 0 saturated carbocycles. The van der Waals surface area contributed by atoms with Crippen molar-refractivity contribution >= 4 is 16.0 Å². The molecule has 0 N–H and O–H groups in total. The lowest BCUT2D eigenvalue weighted by Crippen LogP contribution is -2.47. The summed E-state index contributed by atoms with van der Waals surface area (Å²) in [6.07, 6.45) is 2.85. The molecule has 0 saturated heterocycles. The molecular formula is C22H23NO5S. The number of allylic oxidation sites excluding steroid dienone is 1. The molecule has 2 aliphatic rings. The van der Waals surface area contributed by atoms with E-state index in [0.29, 0.717) is 6.61 Å². The molecule has 2 aromatic carbocycles. The van der Waals surface area contributed by atoms with Crippen LogP contribution in [0.15, 0.2) is 66.4 Å². The lowest BCUT2D eigenvalue weighted by Gasteiger charge is -2.46. The van der Waals surface area contributed by atoms with Crippen LogP contribution in [0.1, 0.15) is 30.0 Å². The van der Waals surface area contributed by atoms with Gasteiger partial charge in [0, 0.05) is 17.4 Å². The third-order valence-electron chi connectivity index (χ3n) is 5.39. The number of carbonyl (C=O) groups is 1. The van der Waals surface area contributed by atoms with E-state index in [1.54, 1.807) is 13.0 Å². The summed E-state index contributed by atoms with van der Waals surface area (Å²) in [5, 5.41) is 0. The van der Waals surface area contributed by atoms with Crippen molar-refractivity contribution in [2.24, 2.45) is 5.92 Å². The van der Waals surface area contributed by atoms with Crippen LogP contribution in [0.5, 0.6) is 5.75 Å². The van der Waals surface area contributed by atoms with E-state index in [4.69, 9.17) is 9.47 Å². The minimum absolute atomic E-state index is 0.0566. The fourth-order valence-corrected chi connectivity index (χ4v) is 5.44. The van der Waals surface area contributed by atoms with Gasteiger partial charge in [-0.2, -0.15) is 0 Å². The first-order valence-corrected chi connectivity index (χ1v) is 11.4. The number of sulfonamides is 1. The Kier molecular flexibility index (Phi) is 5.08. The Balaban J connectivity index is 1.95. The summed E-state index contributed by atoms with van der Waals surface area (Å²) in [6.45, 7) is 2.21. The maximum absolute atomic E-state index is 12.8. The molecular weight excluding hydrogens is 390 g/mol. The number of rotatable bonds is 4. The molecule has 0 aliphatic carbocycles. The maximum atomic E-state index is 12.8. The van der Waals surface area contributed by atoms with Crippen molar-refractivity contribution in [1.82, 2.24) is 4.31 Å². The number of nitrogens with zero attached hydrogens (tertiary/aromatic N) is 1. The molecule has 0 bridgehead atoms. The zero-order valence-corrected chi connectivity index (χ0v) is 17.1. The number of benzene rings is 2. The number of hydrogen-bond donors (Lipinski definition) is 0. The van der Waals surface area contributed by atoms with Crippen LogP contribution in [0, 0.1) is 5.92 Å². The number of ether oxygens (including phenoxy) is 2. The SMILES string of the molecule is CCOC(=O)C1=C[C@H]2c3ccccc3OC[C@@H]2[C@@H](c2ccccc2)N1S(C)(=O)=O. The van der Waals surface area contributed by atoms with E-state index in [1.807, 2.05) is 54.6 Å². The summed E-state index contributed by atoms with van der Waals surface area (Å²) in [7, 11) is -3.75. The van der Waals surface area contributed by atoms with E-state index in [2.05, 4.69) is 0 Å². The second-order valence-electron chi connectivity index (χ2n) is 7.23. The highest BCUT2D eigenvalue weighted by atomic mass is 32.2. The molecule has 7 heteroatoms. The summed E-state index contributed by atoms with van der Waals surface area (Å²) in [5.74, 6) is -0.225. The Bertz CT molecular complexity index is 1050. The van der Waals surface area contributed by atoms with Crippen molar-refractivity contribution < 1.29 is 22.7 Å². The minimum atomic E-state index is -3.75. The summed E-state index contributed by atoms with van der Waals surface area (Å²) in [5.41, 5.74) is 1.81. The molecule has 29 heavy (non-hydrogen) atoms. The quantitative estimate of drug-likeness (QED) is 0.720. The van der Waals surface area contributed by atoms with E-state index in [-0.39, 0.29) is 24.1 Å². The second kappa shape index (κ2) is 7.55. The van der Waals surface area contributed by atoms with Crippen LogP contribution in [0.25, 0.3) is 0 Å². The Labute approximate surface area is 170 Å². The highest BCUT2D eigenvalue weighted by Gasteiger charge is 2.48. The fraction of sp³-hybridized carbons (Fsp3) is 0.318. The number of hydrogen-bond acceptors (Lipinski definition) is 5. The molecule has 0 fully saturated rings. The molecule has 0 amide bonds. The van der Waals surface area contributed by atoms with Crippen molar-refractivity contribution in [1.29, 1.82) is 0 Å². The average Bonchev–Trinajstić information content (AvgIpc) is 2.72. The van der Waals surface area contributed by atoms with Gasteiger partial charge in [0.2, 0.25) is 10.0 Å². The first-order valence-electron chi connectivity index (χ1n) is 9.57. The largest absolute Gasteiger partial charge is 0.493 e. The summed E-state index contributed by atoms with van der Waals surface area (Å²) >= 11 is 0. The third-order valence-corrected chi connectivity index (χ3v) is 6.53. The van der Waals surface area contributed by atoms with Crippen LogP contribution in [0.3, 0.4) is 0 Å². The van der Waals surface area contributed by atoms with Crippen LogP contribution in [-0.2, 0) is 19.6 Å². The molecule has 0 aromatic heterocycles. The zero-order valence-electron chi connectivity index (χ0n) is 16.3. The monoisotopic (exact) mass is 413 g/mol. The van der Waals surface area contributed by atoms with Crippen LogP contribution in [0.4, 0.5) is 0 Å². The third kappa shape index (κ3) is 3.51. The molecule has 2 aliphatic heterocycles. The molecule has 0 unspecified atom stereocenters. The lowest BCUT2D eigenvalue weighted by atomic mass is 9.75. The van der Waals surface area contributed by atoms with Crippen molar-refractivity contribution in [2.45, 2.75) is 18.9 Å². The molecule has 6 nitrogen and oxygen atoms in total. The van der Waals surface area contributed by atoms with Crippen molar-refractivity contribution in [3.63, 3.8) is 0 Å². The molecule has 0 spiro atoms. The van der Waals surface area contributed by atoms with Gasteiger partial charge in [-0.15, -0.1) is 0 Å². The number of carbonyl (C=O) groups excluding carboxylic acids is 1. The topological polar surface area (TPSA) is 72.9 Å². The predicted molar refractivity (Wildman–Crippen MR) is 109 cm³/mol. The van der Waals surface area contributed by atoms with Gasteiger partial charge >= 0.3 is 5.97 Å². The highest BCUT2D eigenvalue weighted by molar-refractivity contribution is 7.88. The second-order valence-corrected chi connectivity index (χ2v) is 9.08. The molecule has 4 rings (SSSR count). The average molecular weight is 413 g/mol. The Morgan fingerprint density at radius 1 is 1.14 bits per heavy atom. The minimum Gasteiger partial charge on any atom is -0.493 e. The molecule has 0 radical (unpaired) electrons. The zero-order chi connectivity index (χ0) is 20.6. The van der Waals surface area contributed by atoms with Gasteiger partial charge in [0.15, 0.2) is 0 Å². The van der Waals surface area contributed by atoms with E-state index in [9.17, 15) is 13.2 Å². The van der Waals surface area contributed by atoms with Gasteiger partial charge in [-0.25, -0.2) is 13.2 Å². The van der Waals surface area contributed by atoms with Gasteiger partial charge < -0.3 is 9.47 Å². The van der Waals surface area contributed by atoms with Gasteiger partial charge in [0.05, 0.1) is 25.5 Å². The number of fused-ring (bicyclic) bond motifs is 3. The van der Waals surface area contributed by atoms with Crippen LogP contribution in [0.2, 0.25) is 0 Å². The smallest absolute Gasteiger partial charge is 0.355 e. The van der Waals surface area contributed by atoms with Gasteiger partial charge in [-0.1, -0.05) is 48.5 Å². The number of esters is 1. The van der Waals surface area contributed by atoms with Gasteiger partial charge in [0.25, 0.3) is 0 Å². The van der Waals surface area contributed by atoms with Crippen LogP contribution < -0.4 is 4.74 Å². The number of para-hydroxylation sites is 1. The van der Waals surface area contributed by atoms with Gasteiger partial charge in [-0.3, -0.25) is 4.31 Å². The van der Waals surface area contributed by atoms with Crippen molar-refractivity contribution in [2.75, 3.05) is 19.5 Å². The van der Waals surface area contributed by atoms with Crippen LogP contribution in [-0.4, -0.2) is 38.2 Å². The van der Waals surface area contributed by atoms with E-state index < -0.39 is 22.0 Å². The van der Waals surface area contributed by atoms with Crippen LogP contribution >= 0.6 is 0 Å². The normalized spacial score (nSPS) is 23.3. The van der Waals surface area contributed by atoms with Gasteiger partial charge in [-0.05, 0) is 24.6 Å².